The van der Waals surface area contributed by atoms with Crippen LogP contribution in [0.5, 0.6) is 11.5 Å². The van der Waals surface area contributed by atoms with Gasteiger partial charge in [0.2, 0.25) is 5.91 Å². The SMILES string of the molecule is COc1ccc(C(C)NC(=O)CCCCCN)cc1OC. The number of amides is 1. The quantitative estimate of drug-likeness (QED) is 0.686. The smallest absolute Gasteiger partial charge is 0.220 e. The van der Waals surface area contributed by atoms with Crippen LogP contribution in [0.25, 0.3) is 0 Å². The van der Waals surface area contributed by atoms with Gasteiger partial charge in [-0.1, -0.05) is 12.5 Å². The highest BCUT2D eigenvalue weighted by atomic mass is 16.5. The molecule has 5 nitrogen and oxygen atoms in total. The average molecular weight is 294 g/mol. The normalized spacial score (nSPS) is 11.8. The monoisotopic (exact) mass is 294 g/mol. The molecule has 0 spiro atoms. The molecule has 0 saturated heterocycles. The van der Waals surface area contributed by atoms with Crippen LogP contribution in [0.15, 0.2) is 18.2 Å². The lowest BCUT2D eigenvalue weighted by Crippen LogP contribution is -2.26. The van der Waals surface area contributed by atoms with Crippen molar-refractivity contribution in [2.24, 2.45) is 5.73 Å². The molecule has 0 saturated carbocycles. The van der Waals surface area contributed by atoms with E-state index in [9.17, 15) is 4.79 Å². The van der Waals surface area contributed by atoms with E-state index in [0.717, 1.165) is 24.8 Å². The molecule has 3 N–H and O–H groups in total. The third-order valence-electron chi connectivity index (χ3n) is 3.39. The van der Waals surface area contributed by atoms with Crippen molar-refractivity contribution in [3.8, 4) is 11.5 Å². The van der Waals surface area contributed by atoms with E-state index in [-0.39, 0.29) is 11.9 Å². The van der Waals surface area contributed by atoms with Gasteiger partial charge < -0.3 is 20.5 Å². The Hall–Kier alpha value is -1.75. The van der Waals surface area contributed by atoms with Gasteiger partial charge in [-0.2, -0.15) is 0 Å². The summed E-state index contributed by atoms with van der Waals surface area (Å²) in [6.45, 7) is 2.64. The van der Waals surface area contributed by atoms with Crippen molar-refractivity contribution in [1.29, 1.82) is 0 Å². The van der Waals surface area contributed by atoms with Crippen LogP contribution >= 0.6 is 0 Å². The van der Waals surface area contributed by atoms with Gasteiger partial charge in [-0.15, -0.1) is 0 Å². The minimum atomic E-state index is -0.0631. The van der Waals surface area contributed by atoms with E-state index in [2.05, 4.69) is 5.32 Å². The van der Waals surface area contributed by atoms with Crippen LogP contribution in [0.2, 0.25) is 0 Å². The van der Waals surface area contributed by atoms with Gasteiger partial charge in [0.05, 0.1) is 20.3 Å². The van der Waals surface area contributed by atoms with Gasteiger partial charge in [0.1, 0.15) is 0 Å². The van der Waals surface area contributed by atoms with Crippen molar-refractivity contribution in [2.75, 3.05) is 20.8 Å². The number of methoxy groups -OCH3 is 2. The molecule has 0 bridgehead atoms. The zero-order valence-electron chi connectivity index (χ0n) is 13.1. The van der Waals surface area contributed by atoms with Crippen molar-refractivity contribution in [3.05, 3.63) is 23.8 Å². The number of hydrogen-bond donors (Lipinski definition) is 2. The number of nitrogens with two attached hydrogens (primary N) is 1. The highest BCUT2D eigenvalue weighted by molar-refractivity contribution is 5.76. The molecule has 0 heterocycles. The van der Waals surface area contributed by atoms with E-state index in [1.54, 1.807) is 14.2 Å². The summed E-state index contributed by atoms with van der Waals surface area (Å²) in [5, 5.41) is 3.00. The van der Waals surface area contributed by atoms with Crippen molar-refractivity contribution in [2.45, 2.75) is 38.6 Å². The molecule has 0 radical (unpaired) electrons. The number of nitrogens with one attached hydrogen (secondary N) is 1. The van der Waals surface area contributed by atoms with Crippen molar-refractivity contribution < 1.29 is 14.3 Å². The molecule has 1 aromatic carbocycles. The molecule has 1 rings (SSSR count). The Morgan fingerprint density at radius 3 is 2.52 bits per heavy atom. The Bertz CT molecular complexity index is 449. The summed E-state index contributed by atoms with van der Waals surface area (Å²) < 4.78 is 10.5. The van der Waals surface area contributed by atoms with Gasteiger partial charge in [-0.3, -0.25) is 4.79 Å². The van der Waals surface area contributed by atoms with E-state index >= 15 is 0 Å². The fourth-order valence-electron chi connectivity index (χ4n) is 2.13. The topological polar surface area (TPSA) is 73.6 Å². The Morgan fingerprint density at radius 2 is 1.90 bits per heavy atom. The summed E-state index contributed by atoms with van der Waals surface area (Å²) in [5.41, 5.74) is 6.42. The van der Waals surface area contributed by atoms with Gasteiger partial charge in [0.15, 0.2) is 11.5 Å². The second kappa shape index (κ2) is 9.23. The first-order valence-electron chi connectivity index (χ1n) is 7.33. The zero-order valence-corrected chi connectivity index (χ0v) is 13.1. The molecule has 0 aliphatic carbocycles. The molecule has 1 unspecified atom stereocenters. The van der Waals surface area contributed by atoms with E-state index in [4.69, 9.17) is 15.2 Å². The fraction of sp³-hybridized carbons (Fsp3) is 0.562. The van der Waals surface area contributed by atoms with Crippen molar-refractivity contribution >= 4 is 5.91 Å². The number of carbonyl (C=O) groups is 1. The molecular formula is C16H26N2O3. The van der Waals surface area contributed by atoms with E-state index in [0.29, 0.717) is 24.5 Å². The minimum absolute atomic E-state index is 0.0631. The number of rotatable bonds is 9. The van der Waals surface area contributed by atoms with Crippen LogP contribution < -0.4 is 20.5 Å². The highest BCUT2D eigenvalue weighted by Gasteiger charge is 2.12. The summed E-state index contributed by atoms with van der Waals surface area (Å²) in [4.78, 5) is 11.9. The lowest BCUT2D eigenvalue weighted by molar-refractivity contribution is -0.121. The first-order valence-corrected chi connectivity index (χ1v) is 7.33. The molecule has 1 atom stereocenters. The number of benzene rings is 1. The van der Waals surface area contributed by atoms with Crippen LogP contribution in [-0.4, -0.2) is 26.7 Å². The average Bonchev–Trinajstić information content (AvgIpc) is 2.50. The fourth-order valence-corrected chi connectivity index (χ4v) is 2.13. The molecule has 0 aliphatic heterocycles. The third-order valence-corrected chi connectivity index (χ3v) is 3.39. The minimum Gasteiger partial charge on any atom is -0.493 e. The van der Waals surface area contributed by atoms with Gasteiger partial charge in [-0.25, -0.2) is 0 Å². The predicted octanol–water partition coefficient (Wildman–Crippen LogP) is 2.40. The Kier molecular flexibility index (Phi) is 7.61. The molecule has 1 aromatic rings. The van der Waals surface area contributed by atoms with Crippen molar-refractivity contribution in [3.63, 3.8) is 0 Å². The van der Waals surface area contributed by atoms with E-state index in [1.807, 2.05) is 25.1 Å². The van der Waals surface area contributed by atoms with Gasteiger partial charge in [-0.05, 0) is 44.0 Å². The molecular weight excluding hydrogens is 268 g/mol. The largest absolute Gasteiger partial charge is 0.493 e. The van der Waals surface area contributed by atoms with Crippen molar-refractivity contribution in [1.82, 2.24) is 5.32 Å². The first kappa shape index (κ1) is 17.3. The maximum atomic E-state index is 11.9. The molecule has 1 amide bonds. The summed E-state index contributed by atoms with van der Waals surface area (Å²) in [7, 11) is 3.20. The molecule has 118 valence electrons. The molecule has 0 aliphatic rings. The molecule has 0 aromatic heterocycles. The standard InChI is InChI=1S/C16H26N2O3/c1-12(18-16(19)7-5-4-6-10-17)13-8-9-14(20-2)15(11-13)21-3/h8-9,11-12H,4-7,10,17H2,1-3H3,(H,18,19). The number of ether oxygens (including phenoxy) is 2. The molecule has 5 heteroatoms. The lowest BCUT2D eigenvalue weighted by atomic mass is 10.1. The molecule has 0 fully saturated rings. The number of hydrogen-bond acceptors (Lipinski definition) is 4. The Morgan fingerprint density at radius 1 is 1.19 bits per heavy atom. The third kappa shape index (κ3) is 5.63. The van der Waals surface area contributed by atoms with Crippen LogP contribution in [0.1, 0.15) is 44.2 Å². The summed E-state index contributed by atoms with van der Waals surface area (Å²) in [6, 6.07) is 5.60. The lowest BCUT2D eigenvalue weighted by Gasteiger charge is -2.16. The Labute approximate surface area is 126 Å². The summed E-state index contributed by atoms with van der Waals surface area (Å²) in [6.07, 6.45) is 3.38. The van der Waals surface area contributed by atoms with E-state index < -0.39 is 0 Å². The summed E-state index contributed by atoms with van der Waals surface area (Å²) >= 11 is 0. The number of carbonyl (C=O) groups excluding carboxylic acids is 1. The van der Waals surface area contributed by atoms with Crippen LogP contribution in [-0.2, 0) is 4.79 Å². The maximum absolute atomic E-state index is 11.9. The van der Waals surface area contributed by atoms with Crippen LogP contribution in [0.3, 0.4) is 0 Å². The first-order chi connectivity index (χ1) is 10.1. The van der Waals surface area contributed by atoms with E-state index in [1.165, 1.54) is 0 Å². The second-order valence-corrected chi connectivity index (χ2v) is 5.00. The predicted molar refractivity (Wildman–Crippen MR) is 83.6 cm³/mol. The van der Waals surface area contributed by atoms with Gasteiger partial charge in [0.25, 0.3) is 0 Å². The van der Waals surface area contributed by atoms with Crippen LogP contribution in [0.4, 0.5) is 0 Å². The Balaban J connectivity index is 2.54. The maximum Gasteiger partial charge on any atom is 0.220 e. The van der Waals surface area contributed by atoms with Gasteiger partial charge >= 0.3 is 0 Å². The molecule has 21 heavy (non-hydrogen) atoms. The van der Waals surface area contributed by atoms with Gasteiger partial charge in [0, 0.05) is 6.42 Å². The second-order valence-electron chi connectivity index (χ2n) is 5.00. The summed E-state index contributed by atoms with van der Waals surface area (Å²) in [5.74, 6) is 1.41. The van der Waals surface area contributed by atoms with Crippen LogP contribution in [0, 0.1) is 0 Å². The zero-order chi connectivity index (χ0) is 15.7. The number of unbranched alkanes of at least 4 members (excludes halogenated alkanes) is 2. The highest BCUT2D eigenvalue weighted by Crippen LogP contribution is 2.29.